The maximum atomic E-state index is 5.14. The van der Waals surface area contributed by atoms with Gasteiger partial charge in [0.1, 0.15) is 0 Å². The summed E-state index contributed by atoms with van der Waals surface area (Å²) in [6, 6.07) is 0. The highest BCUT2D eigenvalue weighted by Crippen LogP contribution is 2.11. The summed E-state index contributed by atoms with van der Waals surface area (Å²) in [5.41, 5.74) is 1.56. The summed E-state index contributed by atoms with van der Waals surface area (Å²) < 4.78 is 0. The van der Waals surface area contributed by atoms with Gasteiger partial charge in [-0.05, 0) is 5.57 Å². The zero-order chi connectivity index (χ0) is 7.40. The Kier molecular flexibility index (Phi) is 1.78. The van der Waals surface area contributed by atoms with Crippen LogP contribution in [0.3, 0.4) is 0 Å². The quantitative estimate of drug-likeness (QED) is 0.433. The molecule has 0 heterocycles. The third-order valence-electron chi connectivity index (χ3n) is 1.24. The van der Waals surface area contributed by atoms with Gasteiger partial charge in [-0.2, -0.15) is 0 Å². The van der Waals surface area contributed by atoms with Crippen LogP contribution in [-0.2, 0) is 0 Å². The maximum absolute atomic E-state index is 5.14. The van der Waals surface area contributed by atoms with Crippen LogP contribution in [0, 0.1) is 24.7 Å². The van der Waals surface area contributed by atoms with E-state index in [1.165, 1.54) is 0 Å². The van der Waals surface area contributed by atoms with Gasteiger partial charge >= 0.3 is 0 Å². The van der Waals surface area contributed by atoms with Gasteiger partial charge in [-0.3, -0.25) is 0 Å². The van der Waals surface area contributed by atoms with Crippen LogP contribution in [0.4, 0.5) is 0 Å². The molecule has 0 saturated heterocycles. The second-order valence-electron chi connectivity index (χ2n) is 1.84. The van der Waals surface area contributed by atoms with Crippen molar-refractivity contribution < 1.29 is 0 Å². The molecule has 0 N–H and O–H groups in total. The topological polar surface area (TPSA) is 0 Å². The molecule has 0 unspecified atom stereocenters. The summed E-state index contributed by atoms with van der Waals surface area (Å²) in [6.07, 6.45) is 17.9. The first-order valence-electron chi connectivity index (χ1n) is 2.90. The molecule has 1 aliphatic carbocycles. The van der Waals surface area contributed by atoms with Crippen LogP contribution < -0.4 is 0 Å². The molecule has 0 aromatic rings. The van der Waals surface area contributed by atoms with Crippen LogP contribution in [-0.4, -0.2) is 0 Å². The van der Waals surface area contributed by atoms with E-state index in [0.29, 0.717) is 5.57 Å². The largest absolute Gasteiger partial charge is 0.114 e. The van der Waals surface area contributed by atoms with Crippen molar-refractivity contribution in [3.8, 4) is 24.7 Å². The fraction of sp³-hybridized carbons (Fsp3) is 0. The third kappa shape index (κ3) is 1.02. The predicted molar refractivity (Wildman–Crippen MR) is 43.0 cm³/mol. The molecule has 0 amide bonds. The minimum absolute atomic E-state index is 0.616. The Bertz CT molecular complexity index is 268. The average Bonchev–Trinajstić information content (AvgIpc) is 2.43. The van der Waals surface area contributed by atoms with Crippen molar-refractivity contribution in [1.29, 1.82) is 0 Å². The Hall–Kier alpha value is -1.66. The summed E-state index contributed by atoms with van der Waals surface area (Å²) >= 11 is 0. The highest BCUT2D eigenvalue weighted by Gasteiger charge is 1.96. The molecule has 1 rings (SSSR count). The van der Waals surface area contributed by atoms with Gasteiger partial charge in [0, 0.05) is 0 Å². The van der Waals surface area contributed by atoms with E-state index in [1.54, 1.807) is 0 Å². The van der Waals surface area contributed by atoms with E-state index in [9.17, 15) is 0 Å². The summed E-state index contributed by atoms with van der Waals surface area (Å²) in [5, 5.41) is 0. The Labute approximate surface area is 60.9 Å². The Morgan fingerprint density at radius 1 is 1.10 bits per heavy atom. The lowest BCUT2D eigenvalue weighted by Gasteiger charge is -1.88. The first-order valence-corrected chi connectivity index (χ1v) is 2.90. The molecule has 0 heteroatoms. The second-order valence-corrected chi connectivity index (χ2v) is 1.84. The lowest BCUT2D eigenvalue weighted by atomic mass is 10.1. The summed E-state index contributed by atoms with van der Waals surface area (Å²) in [4.78, 5) is 0. The smallest absolute Gasteiger partial charge is 0.0810 e. The van der Waals surface area contributed by atoms with Crippen molar-refractivity contribution in [2.75, 3.05) is 0 Å². The van der Waals surface area contributed by atoms with Crippen molar-refractivity contribution >= 4 is 0 Å². The molecule has 0 nitrogen and oxygen atoms in total. The van der Waals surface area contributed by atoms with Crippen LogP contribution in [0.1, 0.15) is 0 Å². The lowest BCUT2D eigenvalue weighted by molar-refractivity contribution is 1.70. The molecule has 1 aliphatic rings. The van der Waals surface area contributed by atoms with Crippen molar-refractivity contribution in [1.82, 2.24) is 0 Å². The molecular formula is C10H6. The predicted octanol–water partition coefficient (Wildman–Crippen LogP) is 1.68. The standard InChI is InChI=1S/C10H6/c1-3-9(4-2)10-7-5-6-8-10/h1-2,5-8H. The van der Waals surface area contributed by atoms with E-state index < -0.39 is 0 Å². The van der Waals surface area contributed by atoms with Gasteiger partial charge < -0.3 is 0 Å². The van der Waals surface area contributed by atoms with Gasteiger partial charge in [-0.15, -0.1) is 12.8 Å². The van der Waals surface area contributed by atoms with Crippen molar-refractivity contribution in [3.63, 3.8) is 0 Å². The fourth-order valence-corrected chi connectivity index (χ4v) is 0.749. The van der Waals surface area contributed by atoms with Gasteiger partial charge in [0.05, 0.1) is 5.57 Å². The minimum atomic E-state index is 0.616. The van der Waals surface area contributed by atoms with E-state index in [-0.39, 0.29) is 0 Å². The molecule has 0 fully saturated rings. The van der Waals surface area contributed by atoms with Gasteiger partial charge in [-0.1, -0.05) is 36.1 Å². The van der Waals surface area contributed by atoms with Crippen LogP contribution in [0.15, 0.2) is 35.5 Å². The molecule has 0 spiro atoms. The Balaban J connectivity index is 3.10. The van der Waals surface area contributed by atoms with Crippen LogP contribution >= 0.6 is 0 Å². The monoisotopic (exact) mass is 126 g/mol. The number of allylic oxidation sites excluding steroid dienone is 6. The van der Waals surface area contributed by atoms with E-state index in [1.807, 2.05) is 24.3 Å². The molecule has 0 bridgehead atoms. The molecule has 46 valence electrons. The van der Waals surface area contributed by atoms with Crippen LogP contribution in [0.2, 0.25) is 0 Å². The molecule has 0 saturated carbocycles. The van der Waals surface area contributed by atoms with Gasteiger partial charge in [-0.25, -0.2) is 0 Å². The lowest BCUT2D eigenvalue weighted by Crippen LogP contribution is -1.76. The number of hydrogen-bond donors (Lipinski definition) is 0. The summed E-state index contributed by atoms with van der Waals surface area (Å²) in [5.74, 6) is 4.87. The second kappa shape index (κ2) is 2.76. The molecule has 0 atom stereocenters. The molecular weight excluding hydrogens is 120 g/mol. The SMILES string of the molecule is C#CC(C#C)=C1C=CC=C1. The van der Waals surface area contributed by atoms with E-state index in [2.05, 4.69) is 11.8 Å². The number of rotatable bonds is 0. The van der Waals surface area contributed by atoms with Crippen LogP contribution in [0.25, 0.3) is 0 Å². The first kappa shape index (κ1) is 6.46. The van der Waals surface area contributed by atoms with Gasteiger partial charge in [0.2, 0.25) is 0 Å². The van der Waals surface area contributed by atoms with Crippen molar-refractivity contribution in [3.05, 3.63) is 35.5 Å². The van der Waals surface area contributed by atoms with Gasteiger partial charge in [0.25, 0.3) is 0 Å². The molecule has 0 aromatic carbocycles. The highest BCUT2D eigenvalue weighted by molar-refractivity contribution is 5.55. The summed E-state index contributed by atoms with van der Waals surface area (Å²) in [6.45, 7) is 0. The number of terminal acetylenes is 2. The average molecular weight is 126 g/mol. The zero-order valence-corrected chi connectivity index (χ0v) is 5.46. The normalized spacial score (nSPS) is 12.8. The molecule has 0 radical (unpaired) electrons. The van der Waals surface area contributed by atoms with Crippen molar-refractivity contribution in [2.24, 2.45) is 0 Å². The maximum Gasteiger partial charge on any atom is 0.0810 e. The van der Waals surface area contributed by atoms with Crippen molar-refractivity contribution in [2.45, 2.75) is 0 Å². The zero-order valence-electron chi connectivity index (χ0n) is 5.46. The molecule has 0 aliphatic heterocycles. The molecule has 0 aromatic heterocycles. The van der Waals surface area contributed by atoms with E-state index in [4.69, 9.17) is 12.8 Å². The van der Waals surface area contributed by atoms with Gasteiger partial charge in [0.15, 0.2) is 0 Å². The molecule has 10 heavy (non-hydrogen) atoms. The summed E-state index contributed by atoms with van der Waals surface area (Å²) in [7, 11) is 0. The third-order valence-corrected chi connectivity index (χ3v) is 1.24. The van der Waals surface area contributed by atoms with E-state index >= 15 is 0 Å². The minimum Gasteiger partial charge on any atom is -0.114 e. The Morgan fingerprint density at radius 2 is 1.60 bits per heavy atom. The van der Waals surface area contributed by atoms with Crippen LogP contribution in [0.5, 0.6) is 0 Å². The van der Waals surface area contributed by atoms with E-state index in [0.717, 1.165) is 5.57 Å². The fourth-order valence-electron chi connectivity index (χ4n) is 0.749. The first-order chi connectivity index (χ1) is 4.88. The Morgan fingerprint density at radius 3 is 2.00 bits per heavy atom. The number of hydrogen-bond acceptors (Lipinski definition) is 0. The highest BCUT2D eigenvalue weighted by atomic mass is 14.0.